The summed E-state index contributed by atoms with van der Waals surface area (Å²) >= 11 is 0. The summed E-state index contributed by atoms with van der Waals surface area (Å²) in [5.74, 6) is 0.546. The van der Waals surface area contributed by atoms with Gasteiger partial charge in [0.1, 0.15) is 12.4 Å². The summed E-state index contributed by atoms with van der Waals surface area (Å²) in [5, 5.41) is 3.11. The predicted molar refractivity (Wildman–Crippen MR) is 113 cm³/mol. The van der Waals surface area contributed by atoms with Crippen molar-refractivity contribution in [2.75, 3.05) is 6.54 Å². The van der Waals surface area contributed by atoms with E-state index in [4.69, 9.17) is 0 Å². The number of hydrogen-bond donors (Lipinski definition) is 1. The number of nitrogens with zero attached hydrogens (tertiary/aromatic N) is 3. The van der Waals surface area contributed by atoms with Gasteiger partial charge in [0.25, 0.3) is 5.56 Å². The normalized spacial score (nSPS) is 17.7. The molecule has 1 aromatic heterocycles. The Morgan fingerprint density at radius 3 is 2.69 bits per heavy atom. The SMILES string of the molecule is Cc1nc2c(c(=O)n1CC(=O)NC1CCCCC1)CN(Cc1ccccc1)CC2. The first-order valence-corrected chi connectivity index (χ1v) is 10.7. The summed E-state index contributed by atoms with van der Waals surface area (Å²) in [5.41, 5.74) is 2.80. The zero-order valence-electron chi connectivity index (χ0n) is 17.2. The standard InChI is InChI=1S/C23H30N4O2/c1-17-24-21-12-13-26(14-18-8-4-2-5-9-18)15-20(21)23(29)27(17)16-22(28)25-19-10-6-3-7-11-19/h2,4-5,8-9,19H,3,6-7,10-16H2,1H3,(H,25,28). The van der Waals surface area contributed by atoms with Crippen LogP contribution in [0.15, 0.2) is 35.1 Å². The number of amides is 1. The van der Waals surface area contributed by atoms with E-state index in [1.54, 1.807) is 4.57 Å². The lowest BCUT2D eigenvalue weighted by molar-refractivity contribution is -0.122. The highest BCUT2D eigenvalue weighted by Crippen LogP contribution is 2.18. The Hall–Kier alpha value is -2.47. The van der Waals surface area contributed by atoms with Gasteiger partial charge in [0.2, 0.25) is 5.91 Å². The molecule has 6 nitrogen and oxygen atoms in total. The third kappa shape index (κ3) is 4.75. The van der Waals surface area contributed by atoms with Gasteiger partial charge in [-0.2, -0.15) is 0 Å². The van der Waals surface area contributed by atoms with Crippen LogP contribution in [0.3, 0.4) is 0 Å². The van der Waals surface area contributed by atoms with Gasteiger partial charge in [0.15, 0.2) is 0 Å². The Morgan fingerprint density at radius 2 is 1.93 bits per heavy atom. The number of carbonyl (C=O) groups is 1. The monoisotopic (exact) mass is 394 g/mol. The number of rotatable bonds is 5. The number of aromatic nitrogens is 2. The largest absolute Gasteiger partial charge is 0.352 e. The van der Waals surface area contributed by atoms with E-state index < -0.39 is 0 Å². The molecule has 1 aliphatic heterocycles. The maximum atomic E-state index is 13.2. The summed E-state index contributed by atoms with van der Waals surface area (Å²) < 4.78 is 1.54. The van der Waals surface area contributed by atoms with Gasteiger partial charge < -0.3 is 5.32 Å². The maximum absolute atomic E-state index is 13.2. The number of carbonyl (C=O) groups excluding carboxylic acids is 1. The Morgan fingerprint density at radius 1 is 1.17 bits per heavy atom. The first-order chi connectivity index (χ1) is 14.1. The molecule has 1 fully saturated rings. The molecule has 0 radical (unpaired) electrons. The van der Waals surface area contributed by atoms with Crippen molar-refractivity contribution < 1.29 is 4.79 Å². The molecule has 4 rings (SSSR count). The highest BCUT2D eigenvalue weighted by Gasteiger charge is 2.24. The number of hydrogen-bond acceptors (Lipinski definition) is 4. The van der Waals surface area contributed by atoms with Gasteiger partial charge in [-0.25, -0.2) is 4.98 Å². The van der Waals surface area contributed by atoms with Crippen LogP contribution in [0.25, 0.3) is 0 Å². The fourth-order valence-electron chi connectivity index (χ4n) is 4.52. The van der Waals surface area contributed by atoms with Crippen molar-refractivity contribution in [1.82, 2.24) is 19.8 Å². The molecule has 154 valence electrons. The molecular weight excluding hydrogens is 364 g/mol. The zero-order chi connectivity index (χ0) is 20.2. The van der Waals surface area contributed by atoms with Crippen molar-refractivity contribution in [1.29, 1.82) is 0 Å². The van der Waals surface area contributed by atoms with Crippen LogP contribution >= 0.6 is 0 Å². The predicted octanol–water partition coefficient (Wildman–Crippen LogP) is 2.56. The van der Waals surface area contributed by atoms with Gasteiger partial charge >= 0.3 is 0 Å². The van der Waals surface area contributed by atoms with E-state index in [1.165, 1.54) is 24.8 Å². The van der Waals surface area contributed by atoms with Crippen LogP contribution in [0.5, 0.6) is 0 Å². The molecule has 2 heterocycles. The molecule has 1 aromatic carbocycles. The minimum Gasteiger partial charge on any atom is -0.352 e. The molecule has 1 saturated carbocycles. The van der Waals surface area contributed by atoms with Gasteiger partial charge in [-0.05, 0) is 25.3 Å². The van der Waals surface area contributed by atoms with E-state index in [-0.39, 0.29) is 24.1 Å². The molecule has 0 atom stereocenters. The third-order valence-corrected chi connectivity index (χ3v) is 6.11. The molecule has 2 aromatic rings. The molecule has 1 amide bonds. The van der Waals surface area contributed by atoms with Crippen LogP contribution in [0.1, 0.15) is 54.7 Å². The van der Waals surface area contributed by atoms with Gasteiger partial charge in [-0.3, -0.25) is 19.1 Å². The van der Waals surface area contributed by atoms with Crippen LogP contribution in [0, 0.1) is 6.92 Å². The fourth-order valence-corrected chi connectivity index (χ4v) is 4.52. The van der Waals surface area contributed by atoms with Gasteiger partial charge in [0, 0.05) is 32.1 Å². The molecule has 0 saturated heterocycles. The first kappa shape index (κ1) is 19.8. The van der Waals surface area contributed by atoms with E-state index in [1.807, 2.05) is 25.1 Å². The number of nitrogens with one attached hydrogen (secondary N) is 1. The summed E-state index contributed by atoms with van der Waals surface area (Å²) in [4.78, 5) is 32.7. The van der Waals surface area contributed by atoms with E-state index in [0.717, 1.165) is 43.6 Å². The molecule has 6 heteroatoms. The Balaban J connectivity index is 1.48. The number of fused-ring (bicyclic) bond motifs is 1. The van der Waals surface area contributed by atoms with Crippen molar-refractivity contribution in [3.05, 3.63) is 63.3 Å². The summed E-state index contributed by atoms with van der Waals surface area (Å²) in [7, 11) is 0. The minimum atomic E-state index is -0.0826. The summed E-state index contributed by atoms with van der Waals surface area (Å²) in [6.07, 6.45) is 6.43. The smallest absolute Gasteiger partial charge is 0.258 e. The van der Waals surface area contributed by atoms with Crippen molar-refractivity contribution in [3.8, 4) is 0 Å². The van der Waals surface area contributed by atoms with E-state index in [2.05, 4.69) is 27.3 Å². The van der Waals surface area contributed by atoms with E-state index >= 15 is 0 Å². The second-order valence-corrected chi connectivity index (χ2v) is 8.32. The molecule has 2 aliphatic rings. The lowest BCUT2D eigenvalue weighted by atomic mass is 9.95. The van der Waals surface area contributed by atoms with Gasteiger partial charge in [0.05, 0.1) is 11.3 Å². The molecular formula is C23H30N4O2. The van der Waals surface area contributed by atoms with Crippen molar-refractivity contribution in [3.63, 3.8) is 0 Å². The fraction of sp³-hybridized carbons (Fsp3) is 0.522. The van der Waals surface area contributed by atoms with Crippen LogP contribution < -0.4 is 10.9 Å². The van der Waals surface area contributed by atoms with Crippen LogP contribution in [-0.2, 0) is 30.8 Å². The Labute approximate surface area is 172 Å². The highest BCUT2D eigenvalue weighted by atomic mass is 16.2. The van der Waals surface area contributed by atoms with Crippen LogP contribution in [0.2, 0.25) is 0 Å². The van der Waals surface area contributed by atoms with E-state index in [9.17, 15) is 9.59 Å². The molecule has 0 bridgehead atoms. The van der Waals surface area contributed by atoms with Crippen molar-refractivity contribution in [2.45, 2.75) is 71.1 Å². The zero-order valence-corrected chi connectivity index (χ0v) is 17.2. The Kier molecular flexibility index (Phi) is 6.09. The average Bonchev–Trinajstić information content (AvgIpc) is 2.73. The highest BCUT2D eigenvalue weighted by molar-refractivity contribution is 5.76. The van der Waals surface area contributed by atoms with Crippen molar-refractivity contribution in [2.24, 2.45) is 0 Å². The summed E-state index contributed by atoms with van der Waals surface area (Å²) in [6, 6.07) is 10.6. The van der Waals surface area contributed by atoms with Gasteiger partial charge in [-0.15, -0.1) is 0 Å². The quantitative estimate of drug-likeness (QED) is 0.846. The lowest BCUT2D eigenvalue weighted by Gasteiger charge is -2.28. The van der Waals surface area contributed by atoms with E-state index in [0.29, 0.717) is 12.4 Å². The van der Waals surface area contributed by atoms with Crippen LogP contribution in [0.4, 0.5) is 0 Å². The topological polar surface area (TPSA) is 67.2 Å². The maximum Gasteiger partial charge on any atom is 0.258 e. The third-order valence-electron chi connectivity index (χ3n) is 6.11. The first-order valence-electron chi connectivity index (χ1n) is 10.7. The van der Waals surface area contributed by atoms with Crippen LogP contribution in [-0.4, -0.2) is 32.9 Å². The molecule has 29 heavy (non-hydrogen) atoms. The number of aryl methyl sites for hydroxylation is 1. The number of benzene rings is 1. The second-order valence-electron chi connectivity index (χ2n) is 8.32. The summed E-state index contributed by atoms with van der Waals surface area (Å²) in [6.45, 7) is 4.17. The average molecular weight is 395 g/mol. The molecule has 0 unspecified atom stereocenters. The second kappa shape index (κ2) is 8.91. The lowest BCUT2D eigenvalue weighted by Crippen LogP contribution is -2.43. The molecule has 1 N–H and O–H groups in total. The Bertz CT molecular complexity index is 916. The minimum absolute atomic E-state index is 0.0557. The van der Waals surface area contributed by atoms with Gasteiger partial charge in [-0.1, -0.05) is 49.6 Å². The molecule has 0 spiro atoms. The van der Waals surface area contributed by atoms with Crippen molar-refractivity contribution >= 4 is 5.91 Å². The molecule has 1 aliphatic carbocycles.